The third-order valence-corrected chi connectivity index (χ3v) is 2.17. The Morgan fingerprint density at radius 1 is 1.06 bits per heavy atom. The van der Waals surface area contributed by atoms with Crippen molar-refractivity contribution in [3.8, 4) is 0 Å². The van der Waals surface area contributed by atoms with E-state index in [2.05, 4.69) is 4.98 Å². The van der Waals surface area contributed by atoms with Gasteiger partial charge in [0, 0.05) is 23.5 Å². The molecule has 0 aliphatic rings. The van der Waals surface area contributed by atoms with E-state index >= 15 is 0 Å². The summed E-state index contributed by atoms with van der Waals surface area (Å²) in [4.78, 5) is 15.5. The van der Waals surface area contributed by atoms with E-state index in [1.807, 2.05) is 0 Å². The van der Waals surface area contributed by atoms with Crippen molar-refractivity contribution < 1.29 is 18.0 Å². The standard InChI is InChI=1S/C12H6F3NO/c13-9-4-8(5-10(14)11(9)15)12(17)7-2-1-3-16-6-7/h1-6H. The molecule has 0 fully saturated rings. The molecule has 1 aromatic heterocycles. The normalized spacial score (nSPS) is 10.3. The zero-order chi connectivity index (χ0) is 12.4. The fourth-order valence-electron chi connectivity index (χ4n) is 1.35. The Hall–Kier alpha value is -2.17. The fourth-order valence-corrected chi connectivity index (χ4v) is 1.35. The SMILES string of the molecule is O=C(c1cccnc1)c1cc(F)c(F)c(F)c1. The maximum Gasteiger partial charge on any atom is 0.194 e. The Bertz CT molecular complexity index is 546. The first-order valence-electron chi connectivity index (χ1n) is 4.69. The van der Waals surface area contributed by atoms with Crippen molar-refractivity contribution in [2.24, 2.45) is 0 Å². The van der Waals surface area contributed by atoms with Crippen LogP contribution in [0.3, 0.4) is 0 Å². The first-order chi connectivity index (χ1) is 8.09. The summed E-state index contributed by atoms with van der Waals surface area (Å²) >= 11 is 0. The van der Waals surface area contributed by atoms with Crippen molar-refractivity contribution in [3.05, 3.63) is 65.2 Å². The van der Waals surface area contributed by atoms with E-state index in [1.165, 1.54) is 24.5 Å². The summed E-state index contributed by atoms with van der Waals surface area (Å²) in [6.07, 6.45) is 2.73. The van der Waals surface area contributed by atoms with Crippen LogP contribution in [-0.2, 0) is 0 Å². The molecule has 1 heterocycles. The lowest BCUT2D eigenvalue weighted by molar-refractivity contribution is 0.103. The second-order valence-corrected chi connectivity index (χ2v) is 3.32. The van der Waals surface area contributed by atoms with Crippen LogP contribution >= 0.6 is 0 Å². The van der Waals surface area contributed by atoms with Crippen LogP contribution in [0.1, 0.15) is 15.9 Å². The molecule has 17 heavy (non-hydrogen) atoms. The van der Waals surface area contributed by atoms with Gasteiger partial charge in [-0.3, -0.25) is 9.78 Å². The molecule has 2 rings (SSSR count). The lowest BCUT2D eigenvalue weighted by Crippen LogP contribution is -2.04. The Balaban J connectivity index is 2.45. The minimum atomic E-state index is -1.59. The molecular formula is C12H6F3NO. The van der Waals surface area contributed by atoms with Crippen LogP contribution in [0, 0.1) is 17.5 Å². The molecular weight excluding hydrogens is 231 g/mol. The molecule has 0 unspecified atom stereocenters. The molecule has 0 radical (unpaired) electrons. The van der Waals surface area contributed by atoms with E-state index in [1.54, 1.807) is 0 Å². The molecule has 0 spiro atoms. The summed E-state index contributed by atoms with van der Waals surface area (Å²) in [6.45, 7) is 0. The van der Waals surface area contributed by atoms with Crippen LogP contribution in [-0.4, -0.2) is 10.8 Å². The van der Waals surface area contributed by atoms with Gasteiger partial charge in [0.2, 0.25) is 0 Å². The van der Waals surface area contributed by atoms with Gasteiger partial charge in [-0.15, -0.1) is 0 Å². The molecule has 0 saturated heterocycles. The predicted octanol–water partition coefficient (Wildman–Crippen LogP) is 2.73. The van der Waals surface area contributed by atoms with Crippen LogP contribution < -0.4 is 0 Å². The summed E-state index contributed by atoms with van der Waals surface area (Å²) in [5.41, 5.74) is -0.0766. The van der Waals surface area contributed by atoms with E-state index in [-0.39, 0.29) is 11.1 Å². The number of carbonyl (C=O) groups excluding carboxylic acids is 1. The maximum absolute atomic E-state index is 12.9. The van der Waals surface area contributed by atoms with E-state index in [4.69, 9.17) is 0 Å². The van der Waals surface area contributed by atoms with Crippen LogP contribution in [0.4, 0.5) is 13.2 Å². The van der Waals surface area contributed by atoms with Gasteiger partial charge in [-0.1, -0.05) is 0 Å². The second-order valence-electron chi connectivity index (χ2n) is 3.32. The quantitative estimate of drug-likeness (QED) is 0.593. The highest BCUT2D eigenvalue weighted by atomic mass is 19.2. The molecule has 0 aliphatic carbocycles. The van der Waals surface area contributed by atoms with Crippen LogP contribution in [0.5, 0.6) is 0 Å². The number of rotatable bonds is 2. The number of aromatic nitrogens is 1. The first-order valence-corrected chi connectivity index (χ1v) is 4.69. The Labute approximate surface area is 94.7 Å². The van der Waals surface area contributed by atoms with Gasteiger partial charge in [0.05, 0.1) is 0 Å². The topological polar surface area (TPSA) is 30.0 Å². The zero-order valence-electron chi connectivity index (χ0n) is 8.45. The third-order valence-electron chi connectivity index (χ3n) is 2.17. The summed E-state index contributed by atoms with van der Waals surface area (Å²) in [7, 11) is 0. The molecule has 0 aliphatic heterocycles. The first kappa shape index (κ1) is 11.3. The molecule has 0 atom stereocenters. The van der Waals surface area contributed by atoms with Gasteiger partial charge in [-0.25, -0.2) is 13.2 Å². The Morgan fingerprint density at radius 2 is 1.71 bits per heavy atom. The van der Waals surface area contributed by atoms with Crippen LogP contribution in [0.2, 0.25) is 0 Å². The van der Waals surface area contributed by atoms with Gasteiger partial charge in [0.1, 0.15) is 0 Å². The lowest BCUT2D eigenvalue weighted by atomic mass is 10.0. The van der Waals surface area contributed by atoms with Crippen molar-refractivity contribution in [2.75, 3.05) is 0 Å². The second kappa shape index (κ2) is 4.37. The van der Waals surface area contributed by atoms with E-state index in [9.17, 15) is 18.0 Å². The number of hydrogen-bond acceptors (Lipinski definition) is 2. The summed E-state index contributed by atoms with van der Waals surface area (Å²) in [5, 5.41) is 0. The zero-order valence-corrected chi connectivity index (χ0v) is 8.45. The summed E-state index contributed by atoms with van der Waals surface area (Å²) in [6, 6.07) is 4.29. The van der Waals surface area contributed by atoms with Gasteiger partial charge in [0.25, 0.3) is 0 Å². The molecule has 2 nitrogen and oxygen atoms in total. The number of halogens is 3. The molecule has 0 saturated carbocycles. The van der Waals surface area contributed by atoms with Gasteiger partial charge in [-0.05, 0) is 24.3 Å². The lowest BCUT2D eigenvalue weighted by Gasteiger charge is -2.02. The highest BCUT2D eigenvalue weighted by Crippen LogP contribution is 2.16. The van der Waals surface area contributed by atoms with Crippen molar-refractivity contribution in [3.63, 3.8) is 0 Å². The van der Waals surface area contributed by atoms with Crippen molar-refractivity contribution in [1.82, 2.24) is 4.98 Å². The molecule has 86 valence electrons. The summed E-state index contributed by atoms with van der Waals surface area (Å²) in [5.74, 6) is -4.99. The molecule has 0 N–H and O–H groups in total. The van der Waals surface area contributed by atoms with Crippen molar-refractivity contribution >= 4 is 5.78 Å². The van der Waals surface area contributed by atoms with Gasteiger partial charge in [-0.2, -0.15) is 0 Å². The number of carbonyl (C=O) groups is 1. The van der Waals surface area contributed by atoms with Gasteiger partial charge in [0.15, 0.2) is 23.2 Å². The number of benzene rings is 1. The third kappa shape index (κ3) is 2.18. The number of pyridine rings is 1. The smallest absolute Gasteiger partial charge is 0.194 e. The monoisotopic (exact) mass is 237 g/mol. The largest absolute Gasteiger partial charge is 0.289 e. The Morgan fingerprint density at radius 3 is 2.24 bits per heavy atom. The van der Waals surface area contributed by atoms with E-state index < -0.39 is 23.2 Å². The van der Waals surface area contributed by atoms with Crippen molar-refractivity contribution in [1.29, 1.82) is 0 Å². The predicted molar refractivity (Wildman–Crippen MR) is 54.0 cm³/mol. The maximum atomic E-state index is 12.9. The summed E-state index contributed by atoms with van der Waals surface area (Å²) < 4.78 is 38.6. The number of hydrogen-bond donors (Lipinski definition) is 0. The fraction of sp³-hybridized carbons (Fsp3) is 0. The van der Waals surface area contributed by atoms with Gasteiger partial charge >= 0.3 is 0 Å². The molecule has 0 amide bonds. The minimum absolute atomic E-state index is 0.179. The average Bonchev–Trinajstić information content (AvgIpc) is 2.35. The Kier molecular flexibility index (Phi) is 2.91. The van der Waals surface area contributed by atoms with Gasteiger partial charge < -0.3 is 0 Å². The minimum Gasteiger partial charge on any atom is -0.289 e. The van der Waals surface area contributed by atoms with Crippen molar-refractivity contribution in [2.45, 2.75) is 0 Å². The van der Waals surface area contributed by atoms with Crippen LogP contribution in [0.15, 0.2) is 36.7 Å². The molecule has 2 aromatic rings. The van der Waals surface area contributed by atoms with E-state index in [0.717, 1.165) is 0 Å². The molecule has 5 heteroatoms. The highest BCUT2D eigenvalue weighted by Gasteiger charge is 2.16. The van der Waals surface area contributed by atoms with E-state index in [0.29, 0.717) is 12.1 Å². The number of nitrogens with zero attached hydrogens (tertiary/aromatic N) is 1. The highest BCUT2D eigenvalue weighted by molar-refractivity contribution is 6.08. The molecule has 0 bridgehead atoms. The van der Waals surface area contributed by atoms with Crippen LogP contribution in [0.25, 0.3) is 0 Å². The molecule has 1 aromatic carbocycles. The average molecular weight is 237 g/mol. The number of ketones is 1.